The topological polar surface area (TPSA) is 27.1 Å². The van der Waals surface area contributed by atoms with E-state index in [4.69, 9.17) is 4.74 Å². The number of methoxy groups -OCH3 is 1. The van der Waals surface area contributed by atoms with Gasteiger partial charge in [0.2, 0.25) is 0 Å². The van der Waals surface area contributed by atoms with Crippen LogP contribution in [0.15, 0.2) is 36.9 Å². The number of ether oxygens (including phenoxy) is 1. The van der Waals surface area contributed by atoms with Crippen molar-refractivity contribution in [3.05, 3.63) is 42.5 Å². The van der Waals surface area contributed by atoms with Gasteiger partial charge in [0, 0.05) is 12.4 Å². The van der Waals surface area contributed by atoms with E-state index in [9.17, 15) is 0 Å². The van der Waals surface area contributed by atoms with Gasteiger partial charge < -0.3 is 9.30 Å². The summed E-state index contributed by atoms with van der Waals surface area (Å²) in [6.45, 7) is 2.21. The molecule has 2 rings (SSSR count). The smallest absolute Gasteiger partial charge is 0.142 e. The van der Waals surface area contributed by atoms with Crippen LogP contribution in [0.2, 0.25) is 0 Å². The van der Waals surface area contributed by atoms with Crippen LogP contribution in [0.3, 0.4) is 0 Å². The monoisotopic (exact) mass is 230 g/mol. The molecule has 90 valence electrons. The molecule has 0 saturated heterocycles. The molecule has 3 nitrogen and oxygen atoms in total. The first kappa shape index (κ1) is 11.7. The molecular weight excluding hydrogens is 212 g/mol. The summed E-state index contributed by atoms with van der Waals surface area (Å²) >= 11 is 0. The number of nitrogens with zero attached hydrogens (tertiary/aromatic N) is 2. The summed E-state index contributed by atoms with van der Waals surface area (Å²) in [6.07, 6.45) is 9.05. The van der Waals surface area contributed by atoms with E-state index in [1.165, 1.54) is 18.4 Å². The van der Waals surface area contributed by atoms with Crippen LogP contribution < -0.4 is 4.74 Å². The van der Waals surface area contributed by atoms with Gasteiger partial charge in [0.1, 0.15) is 5.75 Å². The number of aromatic nitrogens is 2. The molecule has 0 N–H and O–H groups in total. The Balaban J connectivity index is 2.33. The summed E-state index contributed by atoms with van der Waals surface area (Å²) in [5.41, 5.74) is 2.40. The van der Waals surface area contributed by atoms with Crippen molar-refractivity contribution in [3.63, 3.8) is 0 Å². The molecule has 0 spiro atoms. The summed E-state index contributed by atoms with van der Waals surface area (Å²) in [4.78, 5) is 4.07. The average Bonchev–Trinajstić information content (AvgIpc) is 2.89. The number of imidazole rings is 1. The zero-order valence-corrected chi connectivity index (χ0v) is 10.4. The first-order valence-corrected chi connectivity index (χ1v) is 6.00. The van der Waals surface area contributed by atoms with Crippen molar-refractivity contribution in [2.24, 2.45) is 0 Å². The summed E-state index contributed by atoms with van der Waals surface area (Å²) < 4.78 is 7.36. The van der Waals surface area contributed by atoms with E-state index in [0.29, 0.717) is 0 Å². The SMILES string of the molecule is CCCCc1ccc(OC)c(-n2ccnc2)c1. The van der Waals surface area contributed by atoms with Crippen LogP contribution in [0.5, 0.6) is 5.75 Å². The van der Waals surface area contributed by atoms with Gasteiger partial charge in [-0.1, -0.05) is 19.4 Å². The number of benzene rings is 1. The summed E-state index contributed by atoms with van der Waals surface area (Å²) in [6, 6.07) is 6.34. The van der Waals surface area contributed by atoms with Crippen LogP contribution in [-0.4, -0.2) is 16.7 Å². The Hall–Kier alpha value is -1.77. The molecule has 0 aliphatic carbocycles. The molecule has 0 aliphatic heterocycles. The zero-order chi connectivity index (χ0) is 12.1. The van der Waals surface area contributed by atoms with Crippen molar-refractivity contribution >= 4 is 0 Å². The van der Waals surface area contributed by atoms with E-state index >= 15 is 0 Å². The van der Waals surface area contributed by atoms with E-state index < -0.39 is 0 Å². The molecule has 0 saturated carbocycles. The normalized spacial score (nSPS) is 10.5. The van der Waals surface area contributed by atoms with Crippen molar-refractivity contribution in [1.29, 1.82) is 0 Å². The number of hydrogen-bond donors (Lipinski definition) is 0. The van der Waals surface area contributed by atoms with Crippen molar-refractivity contribution in [1.82, 2.24) is 9.55 Å². The molecular formula is C14H18N2O. The number of aryl methyl sites for hydroxylation is 1. The largest absolute Gasteiger partial charge is 0.495 e. The van der Waals surface area contributed by atoms with Crippen LogP contribution in [0, 0.1) is 0 Å². The van der Waals surface area contributed by atoms with Gasteiger partial charge in [0.05, 0.1) is 19.1 Å². The maximum Gasteiger partial charge on any atom is 0.142 e. The van der Waals surface area contributed by atoms with Gasteiger partial charge in [-0.3, -0.25) is 0 Å². The van der Waals surface area contributed by atoms with Gasteiger partial charge in [-0.05, 0) is 30.5 Å². The highest BCUT2D eigenvalue weighted by Crippen LogP contribution is 2.24. The van der Waals surface area contributed by atoms with Crippen molar-refractivity contribution in [2.75, 3.05) is 7.11 Å². The molecule has 17 heavy (non-hydrogen) atoms. The fourth-order valence-corrected chi connectivity index (χ4v) is 1.88. The van der Waals surface area contributed by atoms with Gasteiger partial charge >= 0.3 is 0 Å². The molecule has 0 unspecified atom stereocenters. The van der Waals surface area contributed by atoms with E-state index in [1.54, 1.807) is 19.6 Å². The van der Waals surface area contributed by atoms with Crippen molar-refractivity contribution < 1.29 is 4.74 Å². The summed E-state index contributed by atoms with van der Waals surface area (Å²) in [5.74, 6) is 0.878. The van der Waals surface area contributed by atoms with E-state index in [0.717, 1.165) is 17.9 Å². The second-order valence-electron chi connectivity index (χ2n) is 4.08. The molecule has 1 heterocycles. The maximum atomic E-state index is 5.38. The lowest BCUT2D eigenvalue weighted by atomic mass is 10.1. The van der Waals surface area contributed by atoms with Crippen LogP contribution in [0.25, 0.3) is 5.69 Å². The lowest BCUT2D eigenvalue weighted by molar-refractivity contribution is 0.412. The second kappa shape index (κ2) is 5.53. The van der Waals surface area contributed by atoms with Gasteiger partial charge in [-0.2, -0.15) is 0 Å². The standard InChI is InChI=1S/C14H18N2O/c1-3-4-5-12-6-7-14(17-2)13(10-12)16-9-8-15-11-16/h6-11H,3-5H2,1-2H3. The number of rotatable bonds is 5. The van der Waals surface area contributed by atoms with Gasteiger partial charge in [0.15, 0.2) is 0 Å². The van der Waals surface area contributed by atoms with Crippen LogP contribution in [0.1, 0.15) is 25.3 Å². The highest BCUT2D eigenvalue weighted by molar-refractivity contribution is 5.49. The molecule has 1 aromatic carbocycles. The van der Waals surface area contributed by atoms with Gasteiger partial charge in [0.25, 0.3) is 0 Å². The Morgan fingerprint density at radius 2 is 2.24 bits per heavy atom. The van der Waals surface area contributed by atoms with Gasteiger partial charge in [-0.15, -0.1) is 0 Å². The molecule has 0 atom stereocenters. The third-order valence-corrected chi connectivity index (χ3v) is 2.84. The fraction of sp³-hybridized carbons (Fsp3) is 0.357. The Labute approximate surface area is 102 Å². The summed E-state index contributed by atoms with van der Waals surface area (Å²) in [5, 5.41) is 0. The van der Waals surface area contributed by atoms with Crippen molar-refractivity contribution in [3.8, 4) is 11.4 Å². The predicted octanol–water partition coefficient (Wildman–Crippen LogP) is 3.22. The number of hydrogen-bond acceptors (Lipinski definition) is 2. The minimum absolute atomic E-state index is 0.878. The minimum Gasteiger partial charge on any atom is -0.495 e. The Bertz CT molecular complexity index is 463. The zero-order valence-electron chi connectivity index (χ0n) is 10.4. The Morgan fingerprint density at radius 1 is 1.35 bits per heavy atom. The third kappa shape index (κ3) is 2.67. The highest BCUT2D eigenvalue weighted by Gasteiger charge is 2.05. The fourth-order valence-electron chi connectivity index (χ4n) is 1.88. The number of unbranched alkanes of at least 4 members (excludes halogenated alkanes) is 1. The minimum atomic E-state index is 0.878. The molecule has 2 aromatic rings. The van der Waals surface area contributed by atoms with E-state index in [2.05, 4.69) is 24.0 Å². The summed E-state index contributed by atoms with van der Waals surface area (Å²) in [7, 11) is 1.70. The van der Waals surface area contributed by atoms with Crippen molar-refractivity contribution in [2.45, 2.75) is 26.2 Å². The lowest BCUT2D eigenvalue weighted by Gasteiger charge is -2.11. The highest BCUT2D eigenvalue weighted by atomic mass is 16.5. The second-order valence-corrected chi connectivity index (χ2v) is 4.08. The molecule has 0 fully saturated rings. The van der Waals surface area contributed by atoms with Crippen LogP contribution in [0.4, 0.5) is 0 Å². The molecule has 0 bridgehead atoms. The third-order valence-electron chi connectivity index (χ3n) is 2.84. The lowest BCUT2D eigenvalue weighted by Crippen LogP contribution is -1.97. The van der Waals surface area contributed by atoms with Crippen LogP contribution >= 0.6 is 0 Å². The predicted molar refractivity (Wildman–Crippen MR) is 68.7 cm³/mol. The van der Waals surface area contributed by atoms with Gasteiger partial charge in [-0.25, -0.2) is 4.98 Å². The molecule has 3 heteroatoms. The van der Waals surface area contributed by atoms with E-state index in [1.807, 2.05) is 16.8 Å². The van der Waals surface area contributed by atoms with Crippen LogP contribution in [-0.2, 0) is 6.42 Å². The Morgan fingerprint density at radius 3 is 2.88 bits per heavy atom. The molecule has 0 aliphatic rings. The molecule has 0 radical (unpaired) electrons. The maximum absolute atomic E-state index is 5.38. The molecule has 0 amide bonds. The Kier molecular flexibility index (Phi) is 3.81. The first-order valence-electron chi connectivity index (χ1n) is 6.00. The first-order chi connectivity index (χ1) is 8.35. The molecule has 1 aromatic heterocycles. The average molecular weight is 230 g/mol. The quantitative estimate of drug-likeness (QED) is 0.788. The van der Waals surface area contributed by atoms with E-state index in [-0.39, 0.29) is 0 Å².